The molecule has 14 atom stereocenters. The largest absolute Gasteiger partial charge is 0.472 e. The summed E-state index contributed by atoms with van der Waals surface area (Å²) in [6.07, 6.45) is -2.23. The lowest BCUT2D eigenvalue weighted by atomic mass is 9.34. The Kier molecular flexibility index (Phi) is 4.91. The molecule has 1 aromatic rings. The molecule has 1 saturated heterocycles. The molecule has 0 aromatic carbocycles. The highest BCUT2D eigenvalue weighted by atomic mass is 16.6. The third-order valence-electron chi connectivity index (χ3n) is 12.1. The van der Waals surface area contributed by atoms with Crippen molar-refractivity contribution in [3.05, 3.63) is 24.2 Å². The molecule has 4 saturated carbocycles. The van der Waals surface area contributed by atoms with E-state index in [4.69, 9.17) is 13.9 Å². The van der Waals surface area contributed by atoms with E-state index in [-0.39, 0.29) is 24.9 Å². The molecular weight excluding hydrogens is 468 g/mol. The van der Waals surface area contributed by atoms with E-state index in [1.54, 1.807) is 19.5 Å². The first kappa shape index (κ1) is 24.8. The Bertz CT molecular complexity index is 1080. The maximum Gasteiger partial charge on any atom is 0.314 e. The molecule has 0 radical (unpaired) electrons. The van der Waals surface area contributed by atoms with Crippen LogP contribution in [0.15, 0.2) is 23.0 Å². The van der Waals surface area contributed by atoms with Crippen LogP contribution >= 0.6 is 0 Å². The van der Waals surface area contributed by atoms with Gasteiger partial charge >= 0.3 is 5.97 Å². The zero-order chi connectivity index (χ0) is 26.2. The summed E-state index contributed by atoms with van der Waals surface area (Å²) in [6, 6.07) is 1.87. The van der Waals surface area contributed by atoms with Gasteiger partial charge < -0.3 is 39.4 Å². The van der Waals surface area contributed by atoms with Gasteiger partial charge in [-0.1, -0.05) is 20.8 Å². The van der Waals surface area contributed by atoms with Crippen LogP contribution in [0.4, 0.5) is 0 Å². The lowest BCUT2D eigenvalue weighted by molar-refractivity contribution is -0.326. The van der Waals surface area contributed by atoms with Gasteiger partial charge in [0.25, 0.3) is 0 Å². The zero-order valence-electron chi connectivity index (χ0n) is 21.4. The number of carbonyl (C=O) groups is 1. The second kappa shape index (κ2) is 7.12. The Morgan fingerprint density at radius 1 is 0.972 bits per heavy atom. The smallest absolute Gasteiger partial charge is 0.314 e. The molecule has 2 heterocycles. The first-order chi connectivity index (χ1) is 16.8. The maximum absolute atomic E-state index is 13.1. The fraction of sp³-hybridized carbons (Fsp3) is 0.815. The van der Waals surface area contributed by atoms with Gasteiger partial charge in [0.05, 0.1) is 61.7 Å². The van der Waals surface area contributed by atoms with Gasteiger partial charge in [-0.3, -0.25) is 4.79 Å². The van der Waals surface area contributed by atoms with Crippen molar-refractivity contribution in [3.63, 3.8) is 0 Å². The van der Waals surface area contributed by atoms with E-state index in [2.05, 4.69) is 0 Å². The topological polar surface area (TPSA) is 153 Å². The van der Waals surface area contributed by atoms with E-state index in [1.807, 2.05) is 26.8 Å². The van der Waals surface area contributed by atoms with Crippen molar-refractivity contribution in [3.8, 4) is 0 Å². The van der Waals surface area contributed by atoms with E-state index in [0.29, 0.717) is 6.42 Å². The quantitative estimate of drug-likeness (QED) is 0.292. The Labute approximate surface area is 210 Å². The summed E-state index contributed by atoms with van der Waals surface area (Å²) < 4.78 is 16.9. The van der Waals surface area contributed by atoms with E-state index >= 15 is 0 Å². The van der Waals surface area contributed by atoms with Crippen molar-refractivity contribution in [2.45, 2.75) is 95.1 Å². The molecule has 200 valence electrons. The van der Waals surface area contributed by atoms with Crippen LogP contribution in [0.5, 0.6) is 0 Å². The van der Waals surface area contributed by atoms with Crippen LogP contribution in [0.2, 0.25) is 0 Å². The number of rotatable bonds is 2. The molecule has 0 amide bonds. The highest BCUT2D eigenvalue weighted by Crippen LogP contribution is 2.82. The highest BCUT2D eigenvalue weighted by molar-refractivity contribution is 5.78. The van der Waals surface area contributed by atoms with Crippen molar-refractivity contribution in [2.24, 2.45) is 33.5 Å². The molecule has 5 aliphatic rings. The van der Waals surface area contributed by atoms with Gasteiger partial charge in [0.1, 0.15) is 5.60 Å². The highest BCUT2D eigenvalue weighted by Gasteiger charge is 2.90. The number of epoxide rings is 1. The molecule has 1 aliphatic heterocycles. The van der Waals surface area contributed by atoms with E-state index < -0.39 is 75.6 Å². The molecular formula is C27H38O9. The number of ether oxygens (including phenoxy) is 2. The van der Waals surface area contributed by atoms with Crippen molar-refractivity contribution in [2.75, 3.05) is 7.11 Å². The minimum Gasteiger partial charge on any atom is -0.472 e. The average Bonchev–Trinajstić information content (AvgIpc) is 3.20. The third kappa shape index (κ3) is 2.30. The van der Waals surface area contributed by atoms with Crippen LogP contribution in [0, 0.1) is 33.5 Å². The summed E-state index contributed by atoms with van der Waals surface area (Å²) in [7, 11) is 1.26. The molecule has 5 fully saturated rings. The maximum atomic E-state index is 13.1. The van der Waals surface area contributed by atoms with Crippen LogP contribution in [0.3, 0.4) is 0 Å². The summed E-state index contributed by atoms with van der Waals surface area (Å²) >= 11 is 0. The molecule has 36 heavy (non-hydrogen) atoms. The summed E-state index contributed by atoms with van der Waals surface area (Å²) in [4.78, 5) is 13.1. The Morgan fingerprint density at radius 2 is 1.67 bits per heavy atom. The van der Waals surface area contributed by atoms with Crippen molar-refractivity contribution >= 4 is 5.97 Å². The van der Waals surface area contributed by atoms with Gasteiger partial charge in [-0.2, -0.15) is 0 Å². The number of fused-ring (bicyclic) bond motifs is 3. The Morgan fingerprint density at radius 3 is 2.28 bits per heavy atom. The van der Waals surface area contributed by atoms with Crippen molar-refractivity contribution in [1.29, 1.82) is 0 Å². The summed E-state index contributed by atoms with van der Waals surface area (Å²) in [5, 5.41) is 58.3. The lowest BCUT2D eigenvalue weighted by Gasteiger charge is -2.71. The molecule has 9 heteroatoms. The van der Waals surface area contributed by atoms with Gasteiger partial charge in [0.15, 0.2) is 0 Å². The number of aliphatic hydroxyl groups excluding tert-OH is 5. The summed E-state index contributed by atoms with van der Waals surface area (Å²) in [6.45, 7) is 7.26. The SMILES string of the molecule is COC(=O)C1(C)C(O)CC(O)C2(C)C1CC(O)C1(C)C2C(O)C(O)C2(C)C(c3ccoc3)CC3OC321. The normalized spacial score (nSPS) is 59.3. The van der Waals surface area contributed by atoms with Gasteiger partial charge in [-0.25, -0.2) is 0 Å². The number of hydrogen-bond donors (Lipinski definition) is 5. The van der Waals surface area contributed by atoms with Gasteiger partial charge in [0, 0.05) is 34.5 Å². The average molecular weight is 507 g/mol. The van der Waals surface area contributed by atoms with Crippen molar-refractivity contribution in [1.82, 2.24) is 0 Å². The molecule has 0 bridgehead atoms. The minimum absolute atomic E-state index is 0.0870. The number of hydrogen-bond acceptors (Lipinski definition) is 9. The fourth-order valence-corrected chi connectivity index (χ4v) is 10.3. The molecule has 6 rings (SSSR count). The number of methoxy groups -OCH3 is 1. The zero-order valence-corrected chi connectivity index (χ0v) is 21.4. The van der Waals surface area contributed by atoms with Crippen LogP contribution in [-0.4, -0.2) is 80.8 Å². The van der Waals surface area contributed by atoms with Crippen LogP contribution in [0.1, 0.15) is 58.4 Å². The minimum atomic E-state index is -1.41. The lowest BCUT2D eigenvalue weighted by Crippen LogP contribution is -2.79. The number of furan rings is 1. The van der Waals surface area contributed by atoms with Crippen LogP contribution in [0.25, 0.3) is 0 Å². The van der Waals surface area contributed by atoms with E-state index in [0.717, 1.165) is 5.56 Å². The third-order valence-corrected chi connectivity index (χ3v) is 12.1. The monoisotopic (exact) mass is 506 g/mol. The first-order valence-corrected chi connectivity index (χ1v) is 13.0. The molecule has 1 aromatic heterocycles. The number of esters is 1. The molecule has 5 N–H and O–H groups in total. The van der Waals surface area contributed by atoms with Crippen LogP contribution < -0.4 is 0 Å². The predicted molar refractivity (Wildman–Crippen MR) is 124 cm³/mol. The second-order valence-corrected chi connectivity index (χ2v) is 12.9. The molecule has 1 spiro atoms. The molecule has 14 unspecified atom stereocenters. The second-order valence-electron chi connectivity index (χ2n) is 12.9. The fourth-order valence-electron chi connectivity index (χ4n) is 10.3. The number of carbonyl (C=O) groups excluding carboxylic acids is 1. The summed E-state index contributed by atoms with van der Waals surface area (Å²) in [5.74, 6) is -2.31. The van der Waals surface area contributed by atoms with Crippen LogP contribution in [-0.2, 0) is 14.3 Å². The molecule has 9 nitrogen and oxygen atoms in total. The van der Waals surface area contributed by atoms with Gasteiger partial charge in [-0.05, 0) is 37.3 Å². The number of aliphatic hydroxyl groups is 5. The van der Waals surface area contributed by atoms with E-state index in [1.165, 1.54) is 7.11 Å². The molecule has 4 aliphatic carbocycles. The standard InChI is InChI=1S/C27H38O9/c1-23-14(24(2,22(33)34-5)16(29)10-15(23)28)9-17(30)26(4)20(23)19(31)21(32)25(3)13(12-6-7-35-11-12)8-18-27(25,26)36-18/h6-7,11,13-21,28-32H,8-10H2,1-5H3. The van der Waals surface area contributed by atoms with Gasteiger partial charge in [-0.15, -0.1) is 0 Å². The predicted octanol–water partition coefficient (Wildman–Crippen LogP) is 0.961. The van der Waals surface area contributed by atoms with Gasteiger partial charge in [0.2, 0.25) is 0 Å². The van der Waals surface area contributed by atoms with Crippen molar-refractivity contribution < 1.29 is 44.2 Å². The first-order valence-electron chi connectivity index (χ1n) is 13.0. The summed E-state index contributed by atoms with van der Waals surface area (Å²) in [5.41, 5.74) is -4.55. The van der Waals surface area contributed by atoms with E-state index in [9.17, 15) is 30.3 Å². The Hall–Kier alpha value is -1.49. The Balaban J connectivity index is 1.54.